The van der Waals surface area contributed by atoms with Crippen molar-refractivity contribution in [2.45, 2.75) is 65.3 Å². The van der Waals surface area contributed by atoms with Crippen molar-refractivity contribution in [3.8, 4) is 11.5 Å². The Balaban J connectivity index is 1.66. The Bertz CT molecular complexity index is 873. The second-order valence-electron chi connectivity index (χ2n) is 8.28. The smallest absolute Gasteiger partial charge is 0.258 e. The number of hydrogen-bond acceptors (Lipinski definition) is 3. The van der Waals surface area contributed by atoms with Crippen LogP contribution in [0.5, 0.6) is 11.5 Å². The molecule has 0 saturated carbocycles. The first-order chi connectivity index (χ1) is 13.9. The van der Waals surface area contributed by atoms with E-state index in [0.29, 0.717) is 5.92 Å². The second-order valence-corrected chi connectivity index (χ2v) is 8.28. The molecule has 0 aliphatic heterocycles. The molecule has 1 unspecified atom stereocenters. The highest BCUT2D eigenvalue weighted by Gasteiger charge is 2.18. The molecule has 0 heterocycles. The average molecular weight is 396 g/mol. The van der Waals surface area contributed by atoms with E-state index in [1.807, 2.05) is 19.1 Å². The van der Waals surface area contributed by atoms with Crippen LogP contribution in [-0.2, 0) is 17.6 Å². The Kier molecular flexibility index (Phi) is 6.83. The van der Waals surface area contributed by atoms with Crippen LogP contribution < -0.4 is 14.8 Å². The third-order valence-electron chi connectivity index (χ3n) is 5.80. The van der Waals surface area contributed by atoms with Gasteiger partial charge in [-0.2, -0.15) is 0 Å². The van der Waals surface area contributed by atoms with Gasteiger partial charge in [0.15, 0.2) is 6.61 Å². The molecule has 4 nitrogen and oxygen atoms in total. The molecule has 0 aromatic heterocycles. The minimum absolute atomic E-state index is 0.0348. The molecule has 156 valence electrons. The van der Waals surface area contributed by atoms with Crippen LogP contribution in [0.1, 0.15) is 73.4 Å². The van der Waals surface area contributed by atoms with Gasteiger partial charge in [0.2, 0.25) is 0 Å². The third kappa shape index (κ3) is 4.92. The predicted molar refractivity (Wildman–Crippen MR) is 117 cm³/mol. The highest BCUT2D eigenvalue weighted by Crippen LogP contribution is 2.32. The van der Waals surface area contributed by atoms with Crippen LogP contribution in [0, 0.1) is 6.92 Å². The van der Waals surface area contributed by atoms with Crippen molar-refractivity contribution in [3.63, 3.8) is 0 Å². The zero-order valence-electron chi connectivity index (χ0n) is 18.3. The third-order valence-corrected chi connectivity index (χ3v) is 5.80. The lowest BCUT2D eigenvalue weighted by Gasteiger charge is -2.22. The van der Waals surface area contributed by atoms with Crippen molar-refractivity contribution in [3.05, 3.63) is 58.1 Å². The van der Waals surface area contributed by atoms with Gasteiger partial charge in [0, 0.05) is 0 Å². The number of carbonyl (C=O) groups excluding carboxylic acids is 1. The van der Waals surface area contributed by atoms with Gasteiger partial charge in [-0.05, 0) is 91.5 Å². The van der Waals surface area contributed by atoms with Crippen LogP contribution >= 0.6 is 0 Å². The lowest BCUT2D eigenvalue weighted by Crippen LogP contribution is -2.32. The number of aryl methyl sites for hydroxylation is 2. The normalized spacial score (nSPS) is 14.3. The molecular weight excluding hydrogens is 362 g/mol. The van der Waals surface area contributed by atoms with Crippen molar-refractivity contribution in [1.29, 1.82) is 0 Å². The maximum Gasteiger partial charge on any atom is 0.258 e. The number of carbonyl (C=O) groups is 1. The molecule has 1 N–H and O–H groups in total. The van der Waals surface area contributed by atoms with Crippen LogP contribution in [0.25, 0.3) is 0 Å². The van der Waals surface area contributed by atoms with E-state index in [1.165, 1.54) is 24.0 Å². The number of nitrogens with one attached hydrogen (secondary N) is 1. The first-order valence-electron chi connectivity index (χ1n) is 10.6. The van der Waals surface area contributed by atoms with Gasteiger partial charge in [-0.25, -0.2) is 0 Å². The number of methoxy groups -OCH3 is 1. The molecule has 2 aromatic carbocycles. The quantitative estimate of drug-likeness (QED) is 0.695. The molecule has 1 aliphatic carbocycles. The summed E-state index contributed by atoms with van der Waals surface area (Å²) in [5, 5.41) is 3.09. The molecule has 1 amide bonds. The molecule has 0 bridgehead atoms. The first-order valence-corrected chi connectivity index (χ1v) is 10.6. The highest BCUT2D eigenvalue weighted by atomic mass is 16.5. The number of benzene rings is 2. The molecule has 0 saturated heterocycles. The molecule has 0 radical (unpaired) electrons. The van der Waals surface area contributed by atoms with E-state index in [0.717, 1.165) is 41.0 Å². The number of rotatable bonds is 7. The van der Waals surface area contributed by atoms with E-state index < -0.39 is 0 Å². The molecular formula is C25H33NO3. The summed E-state index contributed by atoms with van der Waals surface area (Å²) in [4.78, 5) is 12.6. The number of ether oxygens (including phenoxy) is 2. The van der Waals surface area contributed by atoms with Crippen molar-refractivity contribution < 1.29 is 14.3 Å². The fourth-order valence-corrected chi connectivity index (χ4v) is 4.20. The van der Waals surface area contributed by atoms with Crippen LogP contribution in [0.4, 0.5) is 0 Å². The SMILES string of the molecule is COc1cc(C)c(C(C)NC(=O)COc2cccc3c2CCCC3)cc1C(C)C. The Morgan fingerprint density at radius 3 is 2.55 bits per heavy atom. The zero-order chi connectivity index (χ0) is 21.0. The summed E-state index contributed by atoms with van der Waals surface area (Å²) in [5.74, 6) is 2.00. The maximum absolute atomic E-state index is 12.6. The van der Waals surface area contributed by atoms with Crippen LogP contribution in [0.15, 0.2) is 30.3 Å². The molecule has 4 heteroatoms. The zero-order valence-corrected chi connectivity index (χ0v) is 18.3. The molecule has 2 aromatic rings. The van der Waals surface area contributed by atoms with E-state index in [-0.39, 0.29) is 18.6 Å². The van der Waals surface area contributed by atoms with Gasteiger partial charge in [-0.3, -0.25) is 4.79 Å². The molecule has 0 spiro atoms. The summed E-state index contributed by atoms with van der Waals surface area (Å²) in [6, 6.07) is 10.3. The Labute approximate surface area is 174 Å². The minimum atomic E-state index is -0.104. The first kappa shape index (κ1) is 21.2. The largest absolute Gasteiger partial charge is 0.496 e. The average Bonchev–Trinajstić information content (AvgIpc) is 2.71. The molecule has 3 rings (SSSR count). The van der Waals surface area contributed by atoms with Crippen LogP contribution in [0.2, 0.25) is 0 Å². The molecule has 1 atom stereocenters. The lowest BCUT2D eigenvalue weighted by atomic mass is 9.91. The molecule has 1 aliphatic rings. The number of hydrogen-bond donors (Lipinski definition) is 1. The fraction of sp³-hybridized carbons (Fsp3) is 0.480. The summed E-state index contributed by atoms with van der Waals surface area (Å²) < 4.78 is 11.4. The van der Waals surface area contributed by atoms with E-state index in [4.69, 9.17) is 9.47 Å². The number of amides is 1. The second kappa shape index (κ2) is 9.34. The summed E-state index contributed by atoms with van der Waals surface area (Å²) >= 11 is 0. The van der Waals surface area contributed by atoms with Gasteiger partial charge < -0.3 is 14.8 Å². The van der Waals surface area contributed by atoms with Crippen molar-refractivity contribution in [1.82, 2.24) is 5.32 Å². The Morgan fingerprint density at radius 1 is 1.07 bits per heavy atom. The van der Waals surface area contributed by atoms with Gasteiger partial charge in [-0.15, -0.1) is 0 Å². The lowest BCUT2D eigenvalue weighted by molar-refractivity contribution is -0.123. The van der Waals surface area contributed by atoms with E-state index in [2.05, 4.69) is 44.3 Å². The van der Waals surface area contributed by atoms with Gasteiger partial charge in [-0.1, -0.05) is 26.0 Å². The van der Waals surface area contributed by atoms with Crippen LogP contribution in [0.3, 0.4) is 0 Å². The molecule has 29 heavy (non-hydrogen) atoms. The van der Waals surface area contributed by atoms with E-state index in [1.54, 1.807) is 7.11 Å². The summed E-state index contributed by atoms with van der Waals surface area (Å²) in [5.41, 5.74) is 6.00. The Hall–Kier alpha value is -2.49. The fourth-order valence-electron chi connectivity index (χ4n) is 4.20. The highest BCUT2D eigenvalue weighted by molar-refractivity contribution is 5.78. The number of fused-ring (bicyclic) bond motifs is 1. The minimum Gasteiger partial charge on any atom is -0.496 e. The van der Waals surface area contributed by atoms with E-state index >= 15 is 0 Å². The van der Waals surface area contributed by atoms with Gasteiger partial charge in [0.25, 0.3) is 5.91 Å². The van der Waals surface area contributed by atoms with Gasteiger partial charge in [0.05, 0.1) is 13.2 Å². The van der Waals surface area contributed by atoms with Crippen molar-refractivity contribution in [2.75, 3.05) is 13.7 Å². The van der Waals surface area contributed by atoms with Gasteiger partial charge >= 0.3 is 0 Å². The topological polar surface area (TPSA) is 47.6 Å². The summed E-state index contributed by atoms with van der Waals surface area (Å²) in [6.07, 6.45) is 4.55. The summed E-state index contributed by atoms with van der Waals surface area (Å²) in [6.45, 7) is 8.40. The van der Waals surface area contributed by atoms with E-state index in [9.17, 15) is 4.79 Å². The van der Waals surface area contributed by atoms with Crippen LogP contribution in [-0.4, -0.2) is 19.6 Å². The van der Waals surface area contributed by atoms with Crippen molar-refractivity contribution >= 4 is 5.91 Å². The van der Waals surface area contributed by atoms with Crippen molar-refractivity contribution in [2.24, 2.45) is 0 Å². The standard InChI is InChI=1S/C25H33NO3/c1-16(2)21-14-22(17(3)13-24(21)28-5)18(4)26-25(27)15-29-23-12-8-10-19-9-6-7-11-20(19)23/h8,10,12-14,16,18H,6-7,9,11,15H2,1-5H3,(H,26,27). The summed E-state index contributed by atoms with van der Waals surface area (Å²) in [7, 11) is 1.70. The monoisotopic (exact) mass is 395 g/mol. The Morgan fingerprint density at radius 2 is 1.83 bits per heavy atom. The van der Waals surface area contributed by atoms with Gasteiger partial charge in [0.1, 0.15) is 11.5 Å². The maximum atomic E-state index is 12.6. The molecule has 0 fully saturated rings. The predicted octanol–water partition coefficient (Wildman–Crippen LogP) is 5.26.